The van der Waals surface area contributed by atoms with E-state index in [-0.39, 0.29) is 19.1 Å². The van der Waals surface area contributed by atoms with Gasteiger partial charge in [0, 0.05) is 24.7 Å². The van der Waals surface area contributed by atoms with Crippen LogP contribution in [0.2, 0.25) is 0 Å². The Bertz CT molecular complexity index is 947. The first-order valence-corrected chi connectivity index (χ1v) is 13.4. The number of alkyl carbamates (subject to hydrolysis) is 1. The molecule has 38 heavy (non-hydrogen) atoms. The first-order valence-electron chi connectivity index (χ1n) is 13.4. The van der Waals surface area contributed by atoms with E-state index in [1.807, 2.05) is 74.5 Å². The minimum absolute atomic E-state index is 0.155. The highest BCUT2D eigenvalue weighted by Gasteiger charge is 2.31. The molecule has 0 aliphatic rings. The third kappa shape index (κ3) is 11.5. The van der Waals surface area contributed by atoms with Crippen molar-refractivity contribution < 1.29 is 24.9 Å². The molecule has 1 amide bonds. The van der Waals surface area contributed by atoms with E-state index in [0.717, 1.165) is 11.1 Å². The summed E-state index contributed by atoms with van der Waals surface area (Å²) in [4.78, 5) is 12.5. The van der Waals surface area contributed by atoms with Crippen molar-refractivity contribution in [3.8, 4) is 0 Å². The molecule has 0 heterocycles. The monoisotopic (exact) mass is 529 g/mol. The SMILES string of the molecule is C[C@@H](O)C(C)(C)N[C@@H](Cc1ccccc1)[C@H](O)CNC[C@@H](O)[C@H](Cc1ccccc1)NC(=O)OC(C)(C)C. The van der Waals surface area contributed by atoms with Gasteiger partial charge in [-0.05, 0) is 65.5 Å². The van der Waals surface area contributed by atoms with E-state index in [2.05, 4.69) is 16.0 Å². The summed E-state index contributed by atoms with van der Waals surface area (Å²) in [6.07, 6.45) is -1.95. The predicted octanol–water partition coefficient (Wildman–Crippen LogP) is 2.79. The summed E-state index contributed by atoms with van der Waals surface area (Å²) < 4.78 is 5.40. The molecule has 8 nitrogen and oxygen atoms in total. The van der Waals surface area contributed by atoms with Gasteiger partial charge in [-0.1, -0.05) is 60.7 Å². The molecule has 0 radical (unpaired) electrons. The fourth-order valence-electron chi connectivity index (χ4n) is 4.02. The van der Waals surface area contributed by atoms with Gasteiger partial charge in [-0.15, -0.1) is 0 Å². The zero-order chi connectivity index (χ0) is 28.3. The number of aliphatic hydroxyl groups is 3. The number of carbonyl (C=O) groups is 1. The van der Waals surface area contributed by atoms with Gasteiger partial charge in [0.15, 0.2) is 0 Å². The molecule has 0 fully saturated rings. The highest BCUT2D eigenvalue weighted by atomic mass is 16.6. The average Bonchev–Trinajstić information content (AvgIpc) is 2.83. The molecule has 0 saturated carbocycles. The molecule has 8 heteroatoms. The van der Waals surface area contributed by atoms with Gasteiger partial charge in [0.05, 0.1) is 24.4 Å². The standard InChI is InChI=1S/C30H47N3O5/c1-21(34)30(5,6)33-25(18-23-15-11-8-12-16-23)27(36)20-31-19-26(35)24(17-22-13-9-7-10-14-22)32-28(37)38-29(2,3)4/h7-16,21,24-27,31,33-36H,17-20H2,1-6H3,(H,32,37)/t21-,24+,25+,26-,27-/m1/s1. The van der Waals surface area contributed by atoms with Crippen LogP contribution in [-0.2, 0) is 17.6 Å². The maximum absolute atomic E-state index is 12.5. The topological polar surface area (TPSA) is 123 Å². The van der Waals surface area contributed by atoms with Crippen molar-refractivity contribution in [2.75, 3.05) is 13.1 Å². The number of hydrogen-bond acceptors (Lipinski definition) is 7. The van der Waals surface area contributed by atoms with E-state index < -0.39 is 41.6 Å². The lowest BCUT2D eigenvalue weighted by molar-refractivity contribution is 0.0401. The molecule has 0 aliphatic carbocycles. The second kappa shape index (κ2) is 14.6. The van der Waals surface area contributed by atoms with Crippen LogP contribution < -0.4 is 16.0 Å². The predicted molar refractivity (Wildman–Crippen MR) is 151 cm³/mol. The van der Waals surface area contributed by atoms with Crippen LogP contribution in [0.5, 0.6) is 0 Å². The summed E-state index contributed by atoms with van der Waals surface area (Å²) in [5.74, 6) is 0. The van der Waals surface area contributed by atoms with Crippen molar-refractivity contribution in [1.29, 1.82) is 0 Å². The smallest absolute Gasteiger partial charge is 0.407 e. The van der Waals surface area contributed by atoms with Gasteiger partial charge >= 0.3 is 6.09 Å². The van der Waals surface area contributed by atoms with Crippen LogP contribution in [0.3, 0.4) is 0 Å². The second-order valence-corrected chi connectivity index (χ2v) is 11.6. The Balaban J connectivity index is 2.04. The largest absolute Gasteiger partial charge is 0.444 e. The summed E-state index contributed by atoms with van der Waals surface area (Å²) >= 11 is 0. The van der Waals surface area contributed by atoms with Crippen LogP contribution in [0.15, 0.2) is 60.7 Å². The van der Waals surface area contributed by atoms with Crippen molar-refractivity contribution in [3.05, 3.63) is 71.8 Å². The molecule has 0 spiro atoms. The fraction of sp³-hybridized carbons (Fsp3) is 0.567. The molecule has 0 saturated heterocycles. The number of nitrogens with one attached hydrogen (secondary N) is 3. The molecule has 6 N–H and O–H groups in total. The molecule has 2 rings (SSSR count). The molecule has 0 aromatic heterocycles. The maximum Gasteiger partial charge on any atom is 0.407 e. The molecule has 2 aromatic carbocycles. The Morgan fingerprint density at radius 1 is 0.789 bits per heavy atom. The van der Waals surface area contributed by atoms with E-state index in [9.17, 15) is 20.1 Å². The van der Waals surface area contributed by atoms with E-state index in [4.69, 9.17) is 4.74 Å². The molecular weight excluding hydrogens is 482 g/mol. The zero-order valence-electron chi connectivity index (χ0n) is 23.6. The van der Waals surface area contributed by atoms with Crippen LogP contribution in [0, 0.1) is 0 Å². The van der Waals surface area contributed by atoms with Gasteiger partial charge < -0.3 is 36.0 Å². The number of amides is 1. The van der Waals surface area contributed by atoms with Gasteiger partial charge in [0.2, 0.25) is 0 Å². The van der Waals surface area contributed by atoms with E-state index >= 15 is 0 Å². The molecule has 0 aliphatic heterocycles. The molecule has 0 bridgehead atoms. The third-order valence-corrected chi connectivity index (χ3v) is 6.54. The van der Waals surface area contributed by atoms with Gasteiger partial charge in [-0.25, -0.2) is 4.79 Å². The van der Waals surface area contributed by atoms with Crippen LogP contribution in [-0.4, -0.2) is 76.0 Å². The van der Waals surface area contributed by atoms with E-state index in [1.165, 1.54) is 0 Å². The summed E-state index contributed by atoms with van der Waals surface area (Å²) in [5, 5.41) is 41.7. The molecular formula is C30H47N3O5. The number of carbonyl (C=O) groups excluding carboxylic acids is 1. The first-order chi connectivity index (χ1) is 17.8. The highest BCUT2D eigenvalue weighted by molar-refractivity contribution is 5.68. The Labute approximate surface area is 227 Å². The van der Waals surface area contributed by atoms with Crippen LogP contribution >= 0.6 is 0 Å². The highest BCUT2D eigenvalue weighted by Crippen LogP contribution is 2.15. The lowest BCUT2D eigenvalue weighted by Gasteiger charge is -2.36. The van der Waals surface area contributed by atoms with Crippen molar-refractivity contribution in [3.63, 3.8) is 0 Å². The molecule has 5 atom stereocenters. The van der Waals surface area contributed by atoms with Crippen LogP contribution in [0.4, 0.5) is 4.79 Å². The molecule has 212 valence electrons. The number of rotatable bonds is 14. The van der Waals surface area contributed by atoms with Crippen molar-refractivity contribution in [2.24, 2.45) is 0 Å². The normalized spacial score (nSPS) is 16.2. The van der Waals surface area contributed by atoms with Crippen molar-refractivity contribution in [2.45, 2.75) is 95.9 Å². The fourth-order valence-corrected chi connectivity index (χ4v) is 4.02. The minimum Gasteiger partial charge on any atom is -0.444 e. The van der Waals surface area contributed by atoms with Gasteiger partial charge in [-0.2, -0.15) is 0 Å². The third-order valence-electron chi connectivity index (χ3n) is 6.54. The second-order valence-electron chi connectivity index (χ2n) is 11.6. The zero-order valence-corrected chi connectivity index (χ0v) is 23.6. The van der Waals surface area contributed by atoms with Gasteiger partial charge in [0.25, 0.3) is 0 Å². The first kappa shape index (κ1) is 31.7. The number of hydrogen-bond donors (Lipinski definition) is 6. The summed E-state index contributed by atoms with van der Waals surface area (Å²) in [6, 6.07) is 18.6. The number of benzene rings is 2. The maximum atomic E-state index is 12.5. The lowest BCUT2D eigenvalue weighted by atomic mass is 9.93. The molecule has 0 unspecified atom stereocenters. The van der Waals surface area contributed by atoms with E-state index in [0.29, 0.717) is 12.8 Å². The Morgan fingerprint density at radius 2 is 1.24 bits per heavy atom. The Morgan fingerprint density at radius 3 is 1.68 bits per heavy atom. The number of aliphatic hydroxyl groups excluding tert-OH is 3. The Hall–Kier alpha value is -2.49. The van der Waals surface area contributed by atoms with Crippen molar-refractivity contribution >= 4 is 6.09 Å². The summed E-state index contributed by atoms with van der Waals surface area (Å²) in [5.41, 5.74) is 0.767. The van der Waals surface area contributed by atoms with Gasteiger partial charge in [-0.3, -0.25) is 0 Å². The summed E-state index contributed by atoms with van der Waals surface area (Å²) in [6.45, 7) is 11.2. The minimum atomic E-state index is -0.927. The average molecular weight is 530 g/mol. The Kier molecular flexibility index (Phi) is 12.2. The van der Waals surface area contributed by atoms with Crippen LogP contribution in [0.1, 0.15) is 52.7 Å². The molecule has 2 aromatic rings. The number of ether oxygens (including phenoxy) is 1. The van der Waals surface area contributed by atoms with E-state index in [1.54, 1.807) is 27.7 Å². The van der Waals surface area contributed by atoms with Crippen LogP contribution in [0.25, 0.3) is 0 Å². The van der Waals surface area contributed by atoms with Gasteiger partial charge in [0.1, 0.15) is 5.60 Å². The lowest BCUT2D eigenvalue weighted by Crippen LogP contribution is -2.58. The quantitative estimate of drug-likeness (QED) is 0.222. The van der Waals surface area contributed by atoms with Crippen molar-refractivity contribution in [1.82, 2.24) is 16.0 Å². The summed E-state index contributed by atoms with van der Waals surface area (Å²) in [7, 11) is 0.